The highest BCUT2D eigenvalue weighted by atomic mass is 35.5. The van der Waals surface area contributed by atoms with Crippen LogP contribution in [-0.2, 0) is 18.4 Å². The van der Waals surface area contributed by atoms with Crippen molar-refractivity contribution in [2.45, 2.75) is 19.5 Å². The second-order valence-electron chi connectivity index (χ2n) is 5.39. The van der Waals surface area contributed by atoms with Gasteiger partial charge in [0.15, 0.2) is 0 Å². The van der Waals surface area contributed by atoms with Crippen molar-refractivity contribution in [1.82, 2.24) is 24.9 Å². The van der Waals surface area contributed by atoms with Crippen molar-refractivity contribution < 1.29 is 4.79 Å². The number of halogens is 1. The molecule has 8 heteroatoms. The van der Waals surface area contributed by atoms with Crippen molar-refractivity contribution in [2.75, 3.05) is 12.4 Å². The minimum Gasteiger partial charge on any atom is -0.324 e. The maximum absolute atomic E-state index is 12.5. The van der Waals surface area contributed by atoms with Gasteiger partial charge in [0.1, 0.15) is 6.04 Å². The van der Waals surface area contributed by atoms with Crippen LogP contribution >= 0.6 is 12.4 Å². The Morgan fingerprint density at radius 3 is 2.71 bits per heavy atom. The lowest BCUT2D eigenvalue weighted by Gasteiger charge is -2.14. The summed E-state index contributed by atoms with van der Waals surface area (Å²) in [6.45, 7) is 2.83. The number of amides is 1. The summed E-state index contributed by atoms with van der Waals surface area (Å²) in [5.74, 6) is -0.123. The summed E-state index contributed by atoms with van der Waals surface area (Å²) in [5.41, 5.74) is 2.58. The molecule has 1 unspecified atom stereocenters. The van der Waals surface area contributed by atoms with Crippen LogP contribution in [0.5, 0.6) is 0 Å². The van der Waals surface area contributed by atoms with Crippen molar-refractivity contribution in [1.29, 1.82) is 0 Å². The lowest BCUT2D eigenvalue weighted by molar-refractivity contribution is -0.118. The van der Waals surface area contributed by atoms with Gasteiger partial charge in [-0.05, 0) is 32.2 Å². The molecule has 0 radical (unpaired) electrons. The number of fused-ring (bicyclic) bond motifs is 1. The standard InChI is InChI=1S/C16H20N6O.ClH/c1-4-22-14-7-13(6-5-11(14)8-19-22)20-16(23)15(17-2)12-9-18-21(3)10-12;/h5-10,15,17H,4H2,1-3H3,(H,20,23);1H. The van der Waals surface area contributed by atoms with Gasteiger partial charge in [0.2, 0.25) is 5.91 Å². The molecule has 128 valence electrons. The molecule has 0 aliphatic heterocycles. The number of rotatable bonds is 5. The number of likely N-dealkylation sites (N-methyl/N-ethyl adjacent to an activating group) is 1. The molecule has 1 aromatic carbocycles. The average molecular weight is 349 g/mol. The summed E-state index contributed by atoms with van der Waals surface area (Å²) >= 11 is 0. The predicted octanol–water partition coefficient (Wildman–Crippen LogP) is 2.11. The van der Waals surface area contributed by atoms with Crippen LogP contribution in [0, 0.1) is 0 Å². The quantitative estimate of drug-likeness (QED) is 0.740. The number of hydrogen-bond donors (Lipinski definition) is 2. The molecule has 7 nitrogen and oxygen atoms in total. The summed E-state index contributed by atoms with van der Waals surface area (Å²) in [4.78, 5) is 12.5. The topological polar surface area (TPSA) is 76.8 Å². The molecule has 1 amide bonds. The maximum atomic E-state index is 12.5. The Bertz CT molecular complexity index is 840. The average Bonchev–Trinajstić information content (AvgIpc) is 3.14. The van der Waals surface area contributed by atoms with Crippen molar-refractivity contribution in [3.8, 4) is 0 Å². The summed E-state index contributed by atoms with van der Waals surface area (Å²) in [6, 6.07) is 5.34. The van der Waals surface area contributed by atoms with Crippen LogP contribution in [0.3, 0.4) is 0 Å². The maximum Gasteiger partial charge on any atom is 0.246 e. The largest absolute Gasteiger partial charge is 0.324 e. The Balaban J connectivity index is 0.00000208. The molecule has 2 heterocycles. The van der Waals surface area contributed by atoms with Gasteiger partial charge in [0.25, 0.3) is 0 Å². The minimum atomic E-state index is -0.449. The SMILES string of the molecule is CCn1ncc2ccc(NC(=O)C(NC)c3cnn(C)c3)cc21.Cl. The van der Waals surface area contributed by atoms with E-state index in [2.05, 4.69) is 20.8 Å². The first-order valence-electron chi connectivity index (χ1n) is 7.54. The van der Waals surface area contributed by atoms with Gasteiger partial charge in [-0.1, -0.05) is 0 Å². The second-order valence-corrected chi connectivity index (χ2v) is 5.39. The van der Waals surface area contributed by atoms with Crippen LogP contribution in [-0.4, -0.2) is 32.5 Å². The fourth-order valence-electron chi connectivity index (χ4n) is 2.65. The van der Waals surface area contributed by atoms with E-state index in [0.717, 1.165) is 28.7 Å². The fourth-order valence-corrected chi connectivity index (χ4v) is 2.65. The van der Waals surface area contributed by atoms with Crippen molar-refractivity contribution in [3.63, 3.8) is 0 Å². The van der Waals surface area contributed by atoms with E-state index in [1.54, 1.807) is 17.9 Å². The van der Waals surface area contributed by atoms with E-state index < -0.39 is 6.04 Å². The second kappa shape index (κ2) is 7.46. The number of benzene rings is 1. The highest BCUT2D eigenvalue weighted by molar-refractivity contribution is 5.97. The predicted molar refractivity (Wildman–Crippen MR) is 96.3 cm³/mol. The van der Waals surface area contributed by atoms with E-state index in [4.69, 9.17) is 0 Å². The monoisotopic (exact) mass is 348 g/mol. The number of hydrogen-bond acceptors (Lipinski definition) is 4. The normalized spacial score (nSPS) is 12.0. The number of nitrogens with zero attached hydrogens (tertiary/aromatic N) is 4. The molecule has 0 fully saturated rings. The summed E-state index contributed by atoms with van der Waals surface area (Å²) in [7, 11) is 3.58. The van der Waals surface area contributed by atoms with Crippen LogP contribution in [0.25, 0.3) is 10.9 Å². The zero-order valence-electron chi connectivity index (χ0n) is 13.9. The third kappa shape index (κ3) is 3.42. The van der Waals surface area contributed by atoms with Gasteiger partial charge in [-0.2, -0.15) is 10.2 Å². The minimum absolute atomic E-state index is 0. The third-order valence-electron chi connectivity index (χ3n) is 3.82. The molecule has 3 aromatic rings. The van der Waals surface area contributed by atoms with Crippen LogP contribution in [0.15, 0.2) is 36.8 Å². The van der Waals surface area contributed by atoms with Gasteiger partial charge >= 0.3 is 0 Å². The van der Waals surface area contributed by atoms with Gasteiger partial charge in [-0.15, -0.1) is 12.4 Å². The first kappa shape index (κ1) is 18.0. The summed E-state index contributed by atoms with van der Waals surface area (Å²) < 4.78 is 3.58. The van der Waals surface area contributed by atoms with Gasteiger partial charge in [0, 0.05) is 36.4 Å². The number of carbonyl (C=O) groups is 1. The molecule has 0 spiro atoms. The molecular formula is C16H21ClN6O. The van der Waals surface area contributed by atoms with Crippen LogP contribution in [0.4, 0.5) is 5.69 Å². The van der Waals surface area contributed by atoms with Gasteiger partial charge in [-0.25, -0.2) is 0 Å². The molecule has 2 N–H and O–H groups in total. The molecule has 0 saturated heterocycles. The Morgan fingerprint density at radius 1 is 1.29 bits per heavy atom. The zero-order chi connectivity index (χ0) is 16.4. The van der Waals surface area contributed by atoms with Crippen molar-refractivity contribution >= 4 is 34.9 Å². The molecule has 0 aliphatic rings. The number of aromatic nitrogens is 4. The Kier molecular flexibility index (Phi) is 5.58. The molecule has 3 rings (SSSR count). The number of aryl methyl sites for hydroxylation is 2. The number of carbonyl (C=O) groups excluding carboxylic acids is 1. The lowest BCUT2D eigenvalue weighted by Crippen LogP contribution is -2.30. The molecule has 0 saturated carbocycles. The molecular weight excluding hydrogens is 328 g/mol. The third-order valence-corrected chi connectivity index (χ3v) is 3.82. The first-order valence-corrected chi connectivity index (χ1v) is 7.54. The van der Waals surface area contributed by atoms with Crippen LogP contribution < -0.4 is 10.6 Å². The van der Waals surface area contributed by atoms with Crippen LogP contribution in [0.1, 0.15) is 18.5 Å². The van der Waals surface area contributed by atoms with Crippen molar-refractivity contribution in [2.24, 2.45) is 7.05 Å². The van der Waals surface area contributed by atoms with Crippen LogP contribution in [0.2, 0.25) is 0 Å². The van der Waals surface area contributed by atoms with E-state index in [1.165, 1.54) is 0 Å². The van der Waals surface area contributed by atoms with Gasteiger partial charge in [-0.3, -0.25) is 14.2 Å². The molecule has 2 aromatic heterocycles. The Hall–Kier alpha value is -2.38. The number of anilines is 1. The first-order chi connectivity index (χ1) is 11.1. The van der Waals surface area contributed by atoms with E-state index in [0.29, 0.717) is 0 Å². The highest BCUT2D eigenvalue weighted by Crippen LogP contribution is 2.21. The molecule has 0 bridgehead atoms. The van der Waals surface area contributed by atoms with E-state index >= 15 is 0 Å². The lowest BCUT2D eigenvalue weighted by atomic mass is 10.1. The highest BCUT2D eigenvalue weighted by Gasteiger charge is 2.20. The number of nitrogens with one attached hydrogen (secondary N) is 2. The van der Waals surface area contributed by atoms with Gasteiger partial charge < -0.3 is 10.6 Å². The van der Waals surface area contributed by atoms with E-state index in [-0.39, 0.29) is 18.3 Å². The summed E-state index contributed by atoms with van der Waals surface area (Å²) in [6.07, 6.45) is 5.35. The molecule has 1 atom stereocenters. The summed E-state index contributed by atoms with van der Waals surface area (Å²) in [5, 5.41) is 15.5. The van der Waals surface area contributed by atoms with E-state index in [1.807, 2.05) is 49.2 Å². The van der Waals surface area contributed by atoms with E-state index in [9.17, 15) is 4.79 Å². The Morgan fingerprint density at radius 2 is 2.08 bits per heavy atom. The van der Waals surface area contributed by atoms with Crippen molar-refractivity contribution in [3.05, 3.63) is 42.4 Å². The molecule has 24 heavy (non-hydrogen) atoms. The molecule has 0 aliphatic carbocycles. The smallest absolute Gasteiger partial charge is 0.246 e. The van der Waals surface area contributed by atoms with Gasteiger partial charge in [0.05, 0.1) is 17.9 Å². The fraction of sp³-hybridized carbons (Fsp3) is 0.312. The Labute approximate surface area is 146 Å². The zero-order valence-corrected chi connectivity index (χ0v) is 14.7.